The minimum Gasteiger partial charge on any atom is -0.472 e. The minimum atomic E-state index is -4.92. The molecular weight excluding hydrogens is 831 g/mol. The third-order valence-corrected chi connectivity index (χ3v) is 14.7. The second kappa shape index (κ2) is 15.4. The van der Waals surface area contributed by atoms with Gasteiger partial charge >= 0.3 is 12.3 Å². The zero-order valence-corrected chi connectivity index (χ0v) is 35.6. The van der Waals surface area contributed by atoms with Crippen molar-refractivity contribution in [3.05, 3.63) is 47.3 Å². The molecule has 2 aliphatic heterocycles. The molecule has 2 saturated carbocycles. The van der Waals surface area contributed by atoms with E-state index < -0.39 is 85.9 Å². The van der Waals surface area contributed by atoms with Crippen LogP contribution in [0.3, 0.4) is 0 Å². The number of carbonyl (C=O) groups is 4. The Morgan fingerprint density at radius 2 is 1.82 bits per heavy atom. The summed E-state index contributed by atoms with van der Waals surface area (Å²) in [7, 11) is -4.09. The molecule has 326 valence electrons. The number of nitrogens with one attached hydrogen (secondary N) is 3. The number of hydrogen-bond donors (Lipinski definition) is 3. The number of imidazole rings is 1. The molecule has 1 aromatic carbocycles. The molecule has 20 heteroatoms. The number of ether oxygens (including phenoxy) is 2. The molecule has 4 amide bonds. The maximum Gasteiger partial charge on any atom is 0.427 e. The number of nitrogens with zero attached hydrogens (tertiary/aromatic N) is 4. The Bertz CT molecular complexity index is 2390. The Morgan fingerprint density at radius 3 is 2.50 bits per heavy atom. The van der Waals surface area contributed by atoms with Gasteiger partial charge in [0.05, 0.1) is 27.9 Å². The van der Waals surface area contributed by atoms with Gasteiger partial charge in [0.15, 0.2) is 0 Å². The van der Waals surface area contributed by atoms with E-state index in [1.807, 2.05) is 13.0 Å². The molecule has 0 radical (unpaired) electrons. The maximum atomic E-state index is 14.8. The standard InChI is InChI=1S/C40H49ClF3N7O8S/c1-21-9-7-8-10-24-18-39(24,34(54)49-60(56,57)38(6)13-14-38)48-31(52)29-17-26(58-32-27-16-25(41)11-12-28(27)51-19-23(3)45-35(51)47-32)20-50(29)33(53)30(22(2)15-21)46-36(55)59-37(4,5)40(42,43)44/h8,10-12,16,19,21-22,24,26,29-30H,7,9,13-15,17-18,20H2,1-6H3,(H,46,55)(H,48,52)(H,49,54)/b10-8-/t21-,22+,24+,26+,29-,30-,39+/m0/s1. The van der Waals surface area contributed by atoms with Crippen LogP contribution < -0.4 is 20.1 Å². The smallest absolute Gasteiger partial charge is 0.427 e. The largest absolute Gasteiger partial charge is 0.472 e. The molecule has 15 nitrogen and oxygen atoms in total. The number of halogens is 4. The number of sulfonamides is 1. The second-order valence-electron chi connectivity index (χ2n) is 17.6. The Labute approximate surface area is 350 Å². The lowest BCUT2D eigenvalue weighted by Gasteiger charge is -2.34. The number of alkyl halides is 3. The van der Waals surface area contributed by atoms with Crippen LogP contribution in [0.2, 0.25) is 5.02 Å². The number of aromatic nitrogens is 3. The topological polar surface area (TPSA) is 190 Å². The zero-order chi connectivity index (χ0) is 43.7. The van der Waals surface area contributed by atoms with Crippen LogP contribution in [0.25, 0.3) is 16.7 Å². The first-order valence-electron chi connectivity index (χ1n) is 20.0. The van der Waals surface area contributed by atoms with Gasteiger partial charge in [-0.1, -0.05) is 37.6 Å². The summed E-state index contributed by atoms with van der Waals surface area (Å²) in [5.41, 5.74) is -3.23. The van der Waals surface area contributed by atoms with E-state index in [1.54, 1.807) is 48.7 Å². The van der Waals surface area contributed by atoms with Gasteiger partial charge in [0.25, 0.3) is 5.91 Å². The maximum absolute atomic E-state index is 14.8. The van der Waals surface area contributed by atoms with E-state index in [-0.39, 0.29) is 31.2 Å². The third kappa shape index (κ3) is 8.35. The van der Waals surface area contributed by atoms with Crippen molar-refractivity contribution in [1.82, 2.24) is 34.6 Å². The molecule has 0 spiro atoms. The van der Waals surface area contributed by atoms with E-state index in [0.29, 0.717) is 73.3 Å². The normalized spacial score (nSPS) is 29.1. The lowest BCUT2D eigenvalue weighted by Crippen LogP contribution is -2.59. The predicted molar refractivity (Wildman–Crippen MR) is 213 cm³/mol. The average Bonchev–Trinajstić information content (AvgIpc) is 3.96. The first kappa shape index (κ1) is 43.4. The van der Waals surface area contributed by atoms with Crippen molar-refractivity contribution in [3.8, 4) is 5.88 Å². The lowest BCUT2D eigenvalue weighted by molar-refractivity contribution is -0.244. The van der Waals surface area contributed by atoms with E-state index in [9.17, 15) is 40.8 Å². The molecule has 7 atom stereocenters. The van der Waals surface area contributed by atoms with Gasteiger partial charge in [-0.15, -0.1) is 0 Å². The fraction of sp³-hybridized carbons (Fsp3) is 0.600. The summed E-state index contributed by atoms with van der Waals surface area (Å²) in [5, 5.41) is 6.06. The summed E-state index contributed by atoms with van der Waals surface area (Å²) >= 11 is 6.40. The van der Waals surface area contributed by atoms with Gasteiger partial charge < -0.3 is 25.0 Å². The highest BCUT2D eigenvalue weighted by Crippen LogP contribution is 2.48. The molecular formula is C40H49ClF3N7O8S. The van der Waals surface area contributed by atoms with E-state index in [1.165, 1.54) is 11.8 Å². The Balaban J connectivity index is 1.26. The monoisotopic (exact) mass is 879 g/mol. The molecule has 4 aliphatic rings. The van der Waals surface area contributed by atoms with Gasteiger partial charge in [0, 0.05) is 23.6 Å². The summed E-state index contributed by atoms with van der Waals surface area (Å²) in [4.78, 5) is 66.9. The number of carbonyl (C=O) groups excluding carboxylic acids is 4. The van der Waals surface area contributed by atoms with E-state index in [0.717, 1.165) is 0 Å². The van der Waals surface area contributed by atoms with Crippen LogP contribution >= 0.6 is 11.6 Å². The molecule has 2 aliphatic carbocycles. The van der Waals surface area contributed by atoms with Crippen molar-refractivity contribution in [2.75, 3.05) is 6.54 Å². The van der Waals surface area contributed by atoms with Gasteiger partial charge in [0.2, 0.25) is 39.1 Å². The van der Waals surface area contributed by atoms with Crippen LogP contribution in [0.4, 0.5) is 18.0 Å². The Hall–Kier alpha value is -4.65. The number of allylic oxidation sites excluding steroid dienone is 1. The number of alkyl carbamates (subject to hydrolysis) is 1. The molecule has 2 aromatic heterocycles. The van der Waals surface area contributed by atoms with E-state index in [4.69, 9.17) is 21.1 Å². The van der Waals surface area contributed by atoms with Crippen LogP contribution in [0.15, 0.2) is 36.5 Å². The summed E-state index contributed by atoms with van der Waals surface area (Å²) in [6, 6.07) is 2.29. The molecule has 1 saturated heterocycles. The number of amides is 4. The number of hydrogen-bond acceptors (Lipinski definition) is 10. The van der Waals surface area contributed by atoms with Gasteiger partial charge in [-0.05, 0) is 96.3 Å². The Morgan fingerprint density at radius 1 is 1.10 bits per heavy atom. The third-order valence-electron chi connectivity index (χ3n) is 12.3. The summed E-state index contributed by atoms with van der Waals surface area (Å²) in [6.45, 7) is 8.06. The van der Waals surface area contributed by atoms with Gasteiger partial charge in [0.1, 0.15) is 23.7 Å². The van der Waals surface area contributed by atoms with Crippen LogP contribution in [-0.4, -0.2) is 98.3 Å². The molecule has 0 bridgehead atoms. The lowest BCUT2D eigenvalue weighted by atomic mass is 9.88. The highest BCUT2D eigenvalue weighted by molar-refractivity contribution is 7.91. The summed E-state index contributed by atoms with van der Waals surface area (Å²) < 4.78 is 81.9. The SMILES string of the molecule is Cc1cn2c(n1)nc(O[C@@H]1C[C@H]3C(=O)N[C@]4(C(=O)NS(=O)(=O)C5(C)CC5)C[C@H]4/C=C\CC[C@H](C)C[C@@H](C)[C@H](NC(=O)OC(C)(C)C(F)(F)F)C(=O)N3C1)c1cc(Cl)ccc12. The fourth-order valence-corrected chi connectivity index (χ4v) is 9.56. The van der Waals surface area contributed by atoms with E-state index in [2.05, 4.69) is 25.3 Å². The first-order valence-corrected chi connectivity index (χ1v) is 21.8. The van der Waals surface area contributed by atoms with Crippen molar-refractivity contribution >= 4 is 62.1 Å². The van der Waals surface area contributed by atoms with Crippen LogP contribution in [0.1, 0.15) is 85.3 Å². The fourth-order valence-electron chi connectivity index (χ4n) is 8.07. The van der Waals surface area contributed by atoms with Crippen molar-refractivity contribution in [2.24, 2.45) is 17.8 Å². The molecule has 3 N–H and O–H groups in total. The van der Waals surface area contributed by atoms with Gasteiger partial charge in [-0.25, -0.2) is 18.2 Å². The van der Waals surface area contributed by atoms with Crippen molar-refractivity contribution in [2.45, 2.75) is 127 Å². The van der Waals surface area contributed by atoms with Crippen LogP contribution in [-0.2, 0) is 29.1 Å². The average molecular weight is 880 g/mol. The predicted octanol–water partition coefficient (Wildman–Crippen LogP) is 5.51. The van der Waals surface area contributed by atoms with Gasteiger partial charge in [-0.2, -0.15) is 18.2 Å². The molecule has 3 fully saturated rings. The number of aryl methyl sites for hydroxylation is 1. The molecule has 3 aromatic rings. The number of rotatable bonds is 7. The van der Waals surface area contributed by atoms with E-state index >= 15 is 0 Å². The zero-order valence-electron chi connectivity index (χ0n) is 34.1. The Kier molecular flexibility index (Phi) is 11.1. The van der Waals surface area contributed by atoms with Gasteiger partial charge in [-0.3, -0.25) is 23.5 Å². The number of benzene rings is 1. The van der Waals surface area contributed by atoms with Crippen molar-refractivity contribution in [3.63, 3.8) is 0 Å². The highest BCUT2D eigenvalue weighted by Gasteiger charge is 2.63. The second-order valence-corrected chi connectivity index (χ2v) is 20.2. The van der Waals surface area contributed by atoms with Crippen molar-refractivity contribution in [1.29, 1.82) is 0 Å². The van der Waals surface area contributed by atoms with Crippen LogP contribution in [0.5, 0.6) is 5.88 Å². The highest BCUT2D eigenvalue weighted by atomic mass is 35.5. The van der Waals surface area contributed by atoms with Crippen LogP contribution in [0, 0.1) is 24.7 Å². The molecule has 4 heterocycles. The molecule has 60 heavy (non-hydrogen) atoms. The molecule has 0 unspecified atom stereocenters. The summed E-state index contributed by atoms with van der Waals surface area (Å²) in [6.07, 6.45) is 0.245. The summed E-state index contributed by atoms with van der Waals surface area (Å²) in [5.74, 6) is -3.37. The van der Waals surface area contributed by atoms with Crippen molar-refractivity contribution < 1.29 is 50.2 Å². The minimum absolute atomic E-state index is 0.0520. The first-order chi connectivity index (χ1) is 27.9. The molecule has 7 rings (SSSR count). The number of fused-ring (bicyclic) bond motifs is 5. The quantitative estimate of drug-likeness (QED) is 0.255.